The Labute approximate surface area is 102 Å². The predicted molar refractivity (Wildman–Crippen MR) is 64.6 cm³/mol. The molecule has 0 aliphatic heterocycles. The molecular weight excluding hydrogens is 277 g/mol. The van der Waals surface area contributed by atoms with Crippen molar-refractivity contribution in [2.75, 3.05) is 17.3 Å². The Hall–Kier alpha value is -1.10. The van der Waals surface area contributed by atoms with Gasteiger partial charge in [-0.25, -0.2) is 4.39 Å². The van der Waals surface area contributed by atoms with E-state index in [0.717, 1.165) is 0 Å². The summed E-state index contributed by atoms with van der Waals surface area (Å²) in [5, 5.41) is 3.25. The van der Waals surface area contributed by atoms with Gasteiger partial charge in [0.15, 0.2) is 0 Å². The molecule has 0 aliphatic carbocycles. The van der Waals surface area contributed by atoms with E-state index in [1.165, 1.54) is 18.2 Å². The SMILES string of the molecule is CCOc1cc(F)ccc1NC(=O)CCBr. The fourth-order valence-electron chi connectivity index (χ4n) is 1.17. The molecular formula is C11H13BrFNO2. The summed E-state index contributed by atoms with van der Waals surface area (Å²) in [5.41, 5.74) is 0.495. The van der Waals surface area contributed by atoms with E-state index in [1.807, 2.05) is 0 Å². The Kier molecular flexibility index (Phi) is 5.25. The largest absolute Gasteiger partial charge is 0.492 e. The molecule has 0 unspecified atom stereocenters. The maximum Gasteiger partial charge on any atom is 0.225 e. The lowest BCUT2D eigenvalue weighted by Crippen LogP contribution is -2.12. The van der Waals surface area contributed by atoms with Crippen LogP contribution >= 0.6 is 15.9 Å². The fourth-order valence-corrected chi connectivity index (χ4v) is 1.53. The Balaban J connectivity index is 2.81. The molecule has 0 atom stereocenters. The molecule has 0 bridgehead atoms. The predicted octanol–water partition coefficient (Wildman–Crippen LogP) is 2.95. The molecule has 3 nitrogen and oxygen atoms in total. The fraction of sp³-hybridized carbons (Fsp3) is 0.364. The lowest BCUT2D eigenvalue weighted by molar-refractivity contribution is -0.115. The Morgan fingerprint density at radius 1 is 1.56 bits per heavy atom. The van der Waals surface area contributed by atoms with Crippen LogP contribution in [-0.2, 0) is 4.79 Å². The van der Waals surface area contributed by atoms with Crippen molar-refractivity contribution in [1.82, 2.24) is 0 Å². The summed E-state index contributed by atoms with van der Waals surface area (Å²) >= 11 is 3.17. The molecule has 1 N–H and O–H groups in total. The summed E-state index contributed by atoms with van der Waals surface area (Å²) < 4.78 is 18.2. The molecule has 0 saturated heterocycles. The first-order chi connectivity index (χ1) is 7.67. The van der Waals surface area contributed by atoms with Crippen molar-refractivity contribution in [1.29, 1.82) is 0 Å². The number of carbonyl (C=O) groups is 1. The minimum absolute atomic E-state index is 0.135. The molecule has 0 saturated carbocycles. The van der Waals surface area contributed by atoms with Crippen LogP contribution in [0.4, 0.5) is 10.1 Å². The zero-order chi connectivity index (χ0) is 12.0. The highest BCUT2D eigenvalue weighted by Gasteiger charge is 2.08. The zero-order valence-corrected chi connectivity index (χ0v) is 10.5. The van der Waals surface area contributed by atoms with E-state index in [1.54, 1.807) is 6.92 Å². The quantitative estimate of drug-likeness (QED) is 0.847. The molecule has 0 aromatic heterocycles. The number of anilines is 1. The number of nitrogens with one attached hydrogen (secondary N) is 1. The van der Waals surface area contributed by atoms with E-state index in [-0.39, 0.29) is 11.7 Å². The van der Waals surface area contributed by atoms with Crippen molar-refractivity contribution in [3.05, 3.63) is 24.0 Å². The van der Waals surface area contributed by atoms with E-state index in [0.29, 0.717) is 29.8 Å². The van der Waals surface area contributed by atoms with Crippen molar-refractivity contribution < 1.29 is 13.9 Å². The molecule has 1 amide bonds. The van der Waals surface area contributed by atoms with Gasteiger partial charge in [-0.15, -0.1) is 0 Å². The van der Waals surface area contributed by atoms with Gasteiger partial charge in [-0.3, -0.25) is 4.79 Å². The summed E-state index contributed by atoms with van der Waals surface area (Å²) in [6.45, 7) is 2.22. The van der Waals surface area contributed by atoms with E-state index in [4.69, 9.17) is 4.74 Å². The minimum atomic E-state index is -0.387. The van der Waals surface area contributed by atoms with Crippen LogP contribution < -0.4 is 10.1 Å². The molecule has 0 aliphatic rings. The van der Waals surface area contributed by atoms with Crippen LogP contribution in [0.2, 0.25) is 0 Å². The van der Waals surface area contributed by atoms with Gasteiger partial charge in [0.25, 0.3) is 0 Å². The third kappa shape index (κ3) is 3.81. The Morgan fingerprint density at radius 3 is 2.94 bits per heavy atom. The van der Waals surface area contributed by atoms with Crippen LogP contribution in [0.1, 0.15) is 13.3 Å². The van der Waals surface area contributed by atoms with Gasteiger partial charge < -0.3 is 10.1 Å². The highest BCUT2D eigenvalue weighted by Crippen LogP contribution is 2.25. The average Bonchev–Trinajstić information content (AvgIpc) is 2.23. The smallest absolute Gasteiger partial charge is 0.225 e. The van der Waals surface area contributed by atoms with Crippen molar-refractivity contribution >= 4 is 27.5 Å². The van der Waals surface area contributed by atoms with Gasteiger partial charge in [0, 0.05) is 17.8 Å². The molecule has 0 heterocycles. The zero-order valence-electron chi connectivity index (χ0n) is 8.93. The molecule has 0 radical (unpaired) electrons. The van der Waals surface area contributed by atoms with Gasteiger partial charge in [0.05, 0.1) is 12.3 Å². The van der Waals surface area contributed by atoms with Crippen LogP contribution in [0.15, 0.2) is 18.2 Å². The van der Waals surface area contributed by atoms with Crippen molar-refractivity contribution in [3.63, 3.8) is 0 Å². The second kappa shape index (κ2) is 6.48. The minimum Gasteiger partial charge on any atom is -0.492 e. The number of ether oxygens (including phenoxy) is 1. The van der Waals surface area contributed by atoms with Gasteiger partial charge >= 0.3 is 0 Å². The second-order valence-electron chi connectivity index (χ2n) is 3.06. The first kappa shape index (κ1) is 13.0. The Morgan fingerprint density at radius 2 is 2.31 bits per heavy atom. The molecule has 1 aromatic carbocycles. The number of carbonyl (C=O) groups excluding carboxylic acids is 1. The van der Waals surface area contributed by atoms with Crippen LogP contribution in [0, 0.1) is 5.82 Å². The highest BCUT2D eigenvalue weighted by molar-refractivity contribution is 9.09. The van der Waals surface area contributed by atoms with E-state index in [9.17, 15) is 9.18 Å². The highest BCUT2D eigenvalue weighted by atomic mass is 79.9. The first-order valence-electron chi connectivity index (χ1n) is 4.95. The van der Waals surface area contributed by atoms with Crippen LogP contribution in [0.5, 0.6) is 5.75 Å². The molecule has 1 rings (SSSR count). The van der Waals surface area contributed by atoms with Crippen molar-refractivity contribution in [2.45, 2.75) is 13.3 Å². The van der Waals surface area contributed by atoms with Gasteiger partial charge in [-0.1, -0.05) is 15.9 Å². The van der Waals surface area contributed by atoms with Gasteiger partial charge in [0.1, 0.15) is 11.6 Å². The normalized spacial score (nSPS) is 9.94. The summed E-state index contributed by atoms with van der Waals surface area (Å²) in [4.78, 5) is 11.4. The number of halogens is 2. The monoisotopic (exact) mass is 289 g/mol. The van der Waals surface area contributed by atoms with Crippen LogP contribution in [0.25, 0.3) is 0 Å². The Bertz CT molecular complexity index is 371. The summed E-state index contributed by atoms with van der Waals surface area (Å²) in [6.07, 6.45) is 0.364. The van der Waals surface area contributed by atoms with E-state index >= 15 is 0 Å². The maximum absolute atomic E-state index is 13.0. The average molecular weight is 290 g/mol. The third-order valence-electron chi connectivity index (χ3n) is 1.84. The molecule has 16 heavy (non-hydrogen) atoms. The lowest BCUT2D eigenvalue weighted by Gasteiger charge is -2.11. The number of hydrogen-bond donors (Lipinski definition) is 1. The number of amides is 1. The van der Waals surface area contributed by atoms with Gasteiger partial charge in [-0.2, -0.15) is 0 Å². The van der Waals surface area contributed by atoms with Crippen molar-refractivity contribution in [3.8, 4) is 5.75 Å². The molecule has 5 heteroatoms. The number of benzene rings is 1. The molecule has 0 fully saturated rings. The van der Waals surface area contributed by atoms with Crippen LogP contribution in [0.3, 0.4) is 0 Å². The van der Waals surface area contributed by atoms with Gasteiger partial charge in [-0.05, 0) is 19.1 Å². The second-order valence-corrected chi connectivity index (χ2v) is 3.85. The number of rotatable bonds is 5. The molecule has 88 valence electrons. The number of alkyl halides is 1. The van der Waals surface area contributed by atoms with E-state index < -0.39 is 0 Å². The van der Waals surface area contributed by atoms with Crippen molar-refractivity contribution in [2.24, 2.45) is 0 Å². The van der Waals surface area contributed by atoms with Gasteiger partial charge in [0.2, 0.25) is 5.91 Å². The molecule has 1 aromatic rings. The first-order valence-corrected chi connectivity index (χ1v) is 6.07. The number of hydrogen-bond acceptors (Lipinski definition) is 2. The maximum atomic E-state index is 13.0. The summed E-state index contributed by atoms with van der Waals surface area (Å²) in [7, 11) is 0. The lowest BCUT2D eigenvalue weighted by atomic mass is 10.2. The summed E-state index contributed by atoms with van der Waals surface area (Å²) in [5.74, 6) is -0.170. The standard InChI is InChI=1S/C11H13BrFNO2/c1-2-16-10-7-8(13)3-4-9(10)14-11(15)5-6-12/h3-4,7H,2,5-6H2,1H3,(H,14,15). The summed E-state index contributed by atoms with van der Waals surface area (Å²) in [6, 6.07) is 4.03. The molecule has 0 spiro atoms. The topological polar surface area (TPSA) is 38.3 Å². The van der Waals surface area contributed by atoms with Crippen LogP contribution in [-0.4, -0.2) is 17.8 Å². The third-order valence-corrected chi connectivity index (χ3v) is 2.24. The van der Waals surface area contributed by atoms with E-state index in [2.05, 4.69) is 21.2 Å².